The van der Waals surface area contributed by atoms with Crippen LogP contribution in [0.5, 0.6) is 11.5 Å². The van der Waals surface area contributed by atoms with Crippen LogP contribution < -0.4 is 9.47 Å². The fraction of sp³-hybridized carbons (Fsp3) is 0.520. The molecule has 2 fully saturated rings. The van der Waals surface area contributed by atoms with Crippen molar-refractivity contribution in [1.82, 2.24) is 9.88 Å². The summed E-state index contributed by atoms with van der Waals surface area (Å²) < 4.78 is 17.1. The molecule has 2 heterocycles. The Kier molecular flexibility index (Phi) is 7.41. The molecule has 0 radical (unpaired) electrons. The quantitative estimate of drug-likeness (QED) is 0.630. The minimum Gasteiger partial charge on any atom is -0.493 e. The van der Waals surface area contributed by atoms with Crippen LogP contribution in [0, 0.1) is 5.92 Å². The highest BCUT2D eigenvalue weighted by molar-refractivity contribution is 5.79. The minimum atomic E-state index is 0.0645. The summed E-state index contributed by atoms with van der Waals surface area (Å²) in [5.41, 5.74) is 2.07. The normalized spacial score (nSPS) is 19.2. The first-order chi connectivity index (χ1) is 15.2. The highest BCUT2D eigenvalue weighted by Crippen LogP contribution is 2.32. The molecule has 0 unspecified atom stereocenters. The highest BCUT2D eigenvalue weighted by atomic mass is 16.6. The summed E-state index contributed by atoms with van der Waals surface area (Å²) in [4.78, 5) is 19.6. The van der Waals surface area contributed by atoms with Gasteiger partial charge in [0.2, 0.25) is 5.91 Å². The summed E-state index contributed by atoms with van der Waals surface area (Å²) in [5.74, 6) is 1.78. The molecule has 2 aromatic rings. The summed E-state index contributed by atoms with van der Waals surface area (Å²) >= 11 is 0. The molecule has 6 nitrogen and oxygen atoms in total. The van der Waals surface area contributed by atoms with E-state index in [1.165, 1.54) is 6.42 Å². The second kappa shape index (κ2) is 10.6. The van der Waals surface area contributed by atoms with Gasteiger partial charge >= 0.3 is 0 Å². The molecular weight excluding hydrogens is 392 g/mol. The lowest BCUT2D eigenvalue weighted by molar-refractivity contribution is -0.137. The molecule has 4 rings (SSSR count). The van der Waals surface area contributed by atoms with Crippen molar-refractivity contribution in [3.63, 3.8) is 0 Å². The predicted molar refractivity (Wildman–Crippen MR) is 118 cm³/mol. The Morgan fingerprint density at radius 2 is 1.94 bits per heavy atom. The van der Waals surface area contributed by atoms with Gasteiger partial charge in [-0.15, -0.1) is 0 Å². The number of benzene rings is 1. The third-order valence-electron chi connectivity index (χ3n) is 6.15. The van der Waals surface area contributed by atoms with Crippen molar-refractivity contribution in [2.24, 2.45) is 5.92 Å². The lowest BCUT2D eigenvalue weighted by Crippen LogP contribution is -2.36. The molecule has 1 saturated carbocycles. The molecule has 1 aliphatic heterocycles. The van der Waals surface area contributed by atoms with Gasteiger partial charge in [-0.2, -0.15) is 0 Å². The van der Waals surface area contributed by atoms with Crippen molar-refractivity contribution in [2.45, 2.75) is 57.7 Å². The van der Waals surface area contributed by atoms with E-state index < -0.39 is 0 Å². The monoisotopic (exact) mass is 424 g/mol. The molecule has 31 heavy (non-hydrogen) atoms. The van der Waals surface area contributed by atoms with E-state index in [1.54, 1.807) is 13.3 Å². The van der Waals surface area contributed by atoms with Crippen LogP contribution in [0.25, 0.3) is 0 Å². The van der Waals surface area contributed by atoms with Gasteiger partial charge < -0.3 is 19.1 Å². The zero-order valence-electron chi connectivity index (χ0n) is 18.3. The maximum Gasteiger partial charge on any atom is 0.226 e. The molecule has 0 N–H and O–H groups in total. The summed E-state index contributed by atoms with van der Waals surface area (Å²) in [6.45, 7) is 2.44. The van der Waals surface area contributed by atoms with Gasteiger partial charge in [0.25, 0.3) is 0 Å². The number of amides is 1. The van der Waals surface area contributed by atoms with E-state index in [1.807, 2.05) is 41.4 Å². The average molecular weight is 425 g/mol. The average Bonchev–Trinajstić information content (AvgIpc) is 3.33. The Labute approximate surface area is 184 Å². The Hall–Kier alpha value is -2.60. The first-order valence-electron chi connectivity index (χ1n) is 11.3. The van der Waals surface area contributed by atoms with Crippen LogP contribution in [-0.2, 0) is 22.6 Å². The molecule has 1 atom stereocenters. The predicted octanol–water partition coefficient (Wildman–Crippen LogP) is 4.37. The zero-order valence-corrected chi connectivity index (χ0v) is 18.3. The largest absolute Gasteiger partial charge is 0.493 e. The standard InChI is InChI=1S/C25H32N2O4/c1-29-24-14-19(9-10-23(24)31-22-11-13-30-18-22)16-27(17-20-6-5-12-26-15-20)25(28)21-7-3-2-4-8-21/h5-6,9-10,12,14-15,21-22H,2-4,7-8,11,13,16-18H2,1H3/t22-/m1/s1. The highest BCUT2D eigenvalue weighted by Gasteiger charge is 2.27. The number of hydrogen-bond acceptors (Lipinski definition) is 5. The van der Waals surface area contributed by atoms with E-state index in [0.717, 1.165) is 55.6 Å². The van der Waals surface area contributed by atoms with Crippen LogP contribution in [0.3, 0.4) is 0 Å². The lowest BCUT2D eigenvalue weighted by atomic mass is 9.88. The Balaban J connectivity index is 1.51. The maximum atomic E-state index is 13.4. The summed E-state index contributed by atoms with van der Waals surface area (Å²) in [6.07, 6.45) is 10.0. The number of aromatic nitrogens is 1. The van der Waals surface area contributed by atoms with Crippen molar-refractivity contribution >= 4 is 5.91 Å². The maximum absolute atomic E-state index is 13.4. The van der Waals surface area contributed by atoms with Crippen LogP contribution in [0.1, 0.15) is 49.7 Å². The van der Waals surface area contributed by atoms with E-state index in [4.69, 9.17) is 14.2 Å². The van der Waals surface area contributed by atoms with E-state index >= 15 is 0 Å². The van der Waals surface area contributed by atoms with Crippen molar-refractivity contribution in [3.8, 4) is 11.5 Å². The number of methoxy groups -OCH3 is 1. The third-order valence-corrected chi connectivity index (χ3v) is 6.15. The molecule has 1 aliphatic carbocycles. The second-order valence-electron chi connectivity index (χ2n) is 8.48. The molecule has 6 heteroatoms. The van der Waals surface area contributed by atoms with E-state index in [2.05, 4.69) is 4.98 Å². The first-order valence-corrected chi connectivity index (χ1v) is 11.3. The SMILES string of the molecule is COc1cc(CN(Cc2cccnc2)C(=O)C2CCCCC2)ccc1O[C@@H]1CCOC1. The minimum absolute atomic E-state index is 0.0645. The Morgan fingerprint density at radius 3 is 2.65 bits per heavy atom. The molecule has 1 saturated heterocycles. The van der Waals surface area contributed by atoms with Crippen LogP contribution in [-0.4, -0.2) is 42.2 Å². The Morgan fingerprint density at radius 1 is 1.10 bits per heavy atom. The molecular formula is C25H32N2O4. The van der Waals surface area contributed by atoms with E-state index in [0.29, 0.717) is 25.4 Å². The van der Waals surface area contributed by atoms with Gasteiger partial charge in [0.15, 0.2) is 11.5 Å². The molecule has 0 spiro atoms. The van der Waals surface area contributed by atoms with Gasteiger partial charge in [0.05, 0.1) is 20.3 Å². The fourth-order valence-electron chi connectivity index (χ4n) is 4.45. The molecule has 1 aromatic heterocycles. The number of nitrogens with zero attached hydrogens (tertiary/aromatic N) is 2. The summed E-state index contributed by atoms with van der Waals surface area (Å²) in [5, 5.41) is 0. The van der Waals surface area contributed by atoms with Gasteiger partial charge in [-0.25, -0.2) is 0 Å². The Bertz CT molecular complexity index is 846. The number of pyridine rings is 1. The number of hydrogen-bond donors (Lipinski definition) is 0. The molecule has 2 aliphatic rings. The van der Waals surface area contributed by atoms with Gasteiger partial charge in [-0.05, 0) is 42.2 Å². The second-order valence-corrected chi connectivity index (χ2v) is 8.48. The third kappa shape index (κ3) is 5.76. The molecule has 1 aromatic carbocycles. The van der Waals surface area contributed by atoms with Crippen LogP contribution in [0.15, 0.2) is 42.7 Å². The van der Waals surface area contributed by atoms with Gasteiger partial charge in [-0.3, -0.25) is 9.78 Å². The topological polar surface area (TPSA) is 60.9 Å². The van der Waals surface area contributed by atoms with Crippen molar-refractivity contribution < 1.29 is 19.0 Å². The summed E-state index contributed by atoms with van der Waals surface area (Å²) in [6, 6.07) is 9.89. The van der Waals surface area contributed by atoms with Crippen LogP contribution in [0.4, 0.5) is 0 Å². The van der Waals surface area contributed by atoms with Crippen molar-refractivity contribution in [2.75, 3.05) is 20.3 Å². The van der Waals surface area contributed by atoms with E-state index in [9.17, 15) is 4.79 Å². The number of carbonyl (C=O) groups is 1. The number of ether oxygens (including phenoxy) is 3. The number of carbonyl (C=O) groups excluding carboxylic acids is 1. The van der Waals surface area contributed by atoms with Gasteiger partial charge in [0, 0.05) is 37.8 Å². The number of rotatable bonds is 8. The van der Waals surface area contributed by atoms with Crippen molar-refractivity contribution in [3.05, 3.63) is 53.9 Å². The lowest BCUT2D eigenvalue weighted by Gasteiger charge is -2.30. The smallest absolute Gasteiger partial charge is 0.226 e. The first kappa shape index (κ1) is 21.6. The zero-order chi connectivity index (χ0) is 21.5. The van der Waals surface area contributed by atoms with Gasteiger partial charge in [0.1, 0.15) is 6.10 Å². The molecule has 166 valence electrons. The fourth-order valence-corrected chi connectivity index (χ4v) is 4.45. The summed E-state index contributed by atoms with van der Waals surface area (Å²) in [7, 11) is 1.65. The molecule has 1 amide bonds. The van der Waals surface area contributed by atoms with E-state index in [-0.39, 0.29) is 17.9 Å². The van der Waals surface area contributed by atoms with Crippen molar-refractivity contribution in [1.29, 1.82) is 0 Å². The van der Waals surface area contributed by atoms with Gasteiger partial charge in [-0.1, -0.05) is 31.4 Å². The molecule has 0 bridgehead atoms. The van der Waals surface area contributed by atoms with Crippen LogP contribution >= 0.6 is 0 Å². The van der Waals surface area contributed by atoms with Crippen LogP contribution in [0.2, 0.25) is 0 Å².